The largest absolute Gasteiger partial charge is 0.493 e. The molecule has 0 spiro atoms. The number of aromatic nitrogens is 2. The summed E-state index contributed by atoms with van der Waals surface area (Å²) in [5.74, 6) is 2.10. The smallest absolute Gasteiger partial charge is 0.255 e. The van der Waals surface area contributed by atoms with Crippen molar-refractivity contribution < 1.29 is 19.0 Å². The molecule has 0 atom stereocenters. The van der Waals surface area contributed by atoms with E-state index >= 15 is 0 Å². The van der Waals surface area contributed by atoms with Crippen LogP contribution in [0.4, 0.5) is 17.2 Å². The molecule has 8 rings (SSSR count). The Morgan fingerprint density at radius 3 is 2.16 bits per heavy atom. The average Bonchev–Trinajstić information content (AvgIpc) is 3.51. The van der Waals surface area contributed by atoms with Gasteiger partial charge >= 0.3 is 0 Å². The summed E-state index contributed by atoms with van der Waals surface area (Å²) in [6.07, 6.45) is 0.879. The Kier molecular flexibility index (Phi) is 7.53. The fraction of sp³-hybridized carbons (Fsp3) is 0.0976. The van der Waals surface area contributed by atoms with Gasteiger partial charge in [0.25, 0.3) is 5.91 Å². The molecule has 8 heteroatoms. The highest BCUT2D eigenvalue weighted by atomic mass is 16.5. The lowest BCUT2D eigenvalue weighted by Gasteiger charge is -2.15. The second-order valence-corrected chi connectivity index (χ2v) is 11.9. The molecule has 7 aromatic rings. The first-order valence-corrected chi connectivity index (χ1v) is 15.9. The molecule has 1 aromatic heterocycles. The Hall–Kier alpha value is -6.41. The van der Waals surface area contributed by atoms with E-state index in [4.69, 9.17) is 24.2 Å². The van der Waals surface area contributed by atoms with Gasteiger partial charge in [-0.3, -0.25) is 4.79 Å². The predicted octanol–water partition coefficient (Wildman–Crippen LogP) is 9.04. The third-order valence-corrected chi connectivity index (χ3v) is 8.97. The van der Waals surface area contributed by atoms with Gasteiger partial charge in [-0.15, -0.1) is 0 Å². The first-order valence-electron chi connectivity index (χ1n) is 15.9. The van der Waals surface area contributed by atoms with Crippen LogP contribution in [-0.4, -0.2) is 37.2 Å². The first kappa shape index (κ1) is 30.0. The second kappa shape index (κ2) is 12.3. The summed E-state index contributed by atoms with van der Waals surface area (Å²) in [6.45, 7) is 0. The Balaban J connectivity index is 1.20. The number of methoxy groups -OCH3 is 3. The number of carbonyl (C=O) groups is 1. The van der Waals surface area contributed by atoms with Crippen molar-refractivity contribution in [2.45, 2.75) is 6.42 Å². The van der Waals surface area contributed by atoms with Crippen LogP contribution in [0, 0.1) is 0 Å². The summed E-state index contributed by atoms with van der Waals surface area (Å²) in [7, 11) is 4.56. The van der Waals surface area contributed by atoms with Crippen LogP contribution in [-0.2, 0) is 6.42 Å². The van der Waals surface area contributed by atoms with E-state index in [9.17, 15) is 4.79 Å². The van der Waals surface area contributed by atoms with E-state index in [2.05, 4.69) is 71.3 Å². The van der Waals surface area contributed by atoms with Crippen molar-refractivity contribution in [2.24, 2.45) is 0 Å². The van der Waals surface area contributed by atoms with E-state index in [1.807, 2.05) is 42.5 Å². The van der Waals surface area contributed by atoms with E-state index in [0.29, 0.717) is 40.1 Å². The molecular weight excluding hydrogens is 612 g/mol. The molecule has 1 heterocycles. The molecule has 0 aliphatic heterocycles. The predicted molar refractivity (Wildman–Crippen MR) is 194 cm³/mol. The second-order valence-electron chi connectivity index (χ2n) is 11.9. The van der Waals surface area contributed by atoms with Crippen molar-refractivity contribution in [2.75, 3.05) is 32.0 Å². The zero-order valence-electron chi connectivity index (χ0n) is 27.2. The summed E-state index contributed by atoms with van der Waals surface area (Å²) in [5, 5.41) is 9.57. The van der Waals surface area contributed by atoms with Gasteiger partial charge in [-0.05, 0) is 81.9 Å². The summed E-state index contributed by atoms with van der Waals surface area (Å²) < 4.78 is 16.3. The van der Waals surface area contributed by atoms with Gasteiger partial charge in [0.1, 0.15) is 5.82 Å². The van der Waals surface area contributed by atoms with Gasteiger partial charge in [-0.25, -0.2) is 9.97 Å². The number of rotatable bonds is 8. The van der Waals surface area contributed by atoms with E-state index in [-0.39, 0.29) is 5.91 Å². The number of benzene rings is 6. The van der Waals surface area contributed by atoms with Gasteiger partial charge in [0.15, 0.2) is 17.3 Å². The molecule has 0 unspecified atom stereocenters. The number of ether oxygens (including phenoxy) is 3. The standard InChI is InChI=1S/C41H32N4O4/c1-47-36-21-27(22-37(48-2)38(36)49-3)41(46)43-29-16-18-35-34(23-29)40(45-39(44-35)33-14-8-11-24-9-4-6-12-30(24)33)42-28-15-17-32-26(20-28)19-25-10-5-7-13-31(25)32/h4-18,20-23H,19H2,1-3H3,(H,43,46)(H,42,44,45). The molecule has 1 amide bonds. The quantitative estimate of drug-likeness (QED) is 0.170. The van der Waals surface area contributed by atoms with Crippen molar-refractivity contribution in [1.82, 2.24) is 9.97 Å². The van der Waals surface area contributed by atoms with Crippen molar-refractivity contribution in [1.29, 1.82) is 0 Å². The number of nitrogens with one attached hydrogen (secondary N) is 2. The summed E-state index contributed by atoms with van der Waals surface area (Å²) in [4.78, 5) is 23.6. The molecule has 6 aromatic carbocycles. The van der Waals surface area contributed by atoms with Gasteiger partial charge < -0.3 is 24.8 Å². The van der Waals surface area contributed by atoms with E-state index < -0.39 is 0 Å². The lowest BCUT2D eigenvalue weighted by molar-refractivity contribution is 0.102. The molecule has 2 N–H and O–H groups in total. The highest BCUT2D eigenvalue weighted by Gasteiger charge is 2.20. The maximum Gasteiger partial charge on any atom is 0.255 e. The Morgan fingerprint density at radius 1 is 0.633 bits per heavy atom. The molecule has 8 nitrogen and oxygen atoms in total. The molecule has 49 heavy (non-hydrogen) atoms. The molecule has 0 saturated heterocycles. The summed E-state index contributed by atoms with van der Waals surface area (Å²) in [6, 6.07) is 38.3. The number of nitrogens with zero attached hydrogens (tertiary/aromatic N) is 2. The highest BCUT2D eigenvalue weighted by Crippen LogP contribution is 2.40. The molecule has 0 fully saturated rings. The molecular formula is C41H32N4O4. The molecule has 0 bridgehead atoms. The fourth-order valence-electron chi connectivity index (χ4n) is 6.62. The van der Waals surface area contributed by atoms with E-state index in [0.717, 1.165) is 39.3 Å². The number of hydrogen-bond donors (Lipinski definition) is 2. The maximum atomic E-state index is 13.5. The zero-order valence-corrected chi connectivity index (χ0v) is 27.2. The molecule has 1 aliphatic rings. The van der Waals surface area contributed by atoms with Crippen LogP contribution in [0.15, 0.2) is 115 Å². The van der Waals surface area contributed by atoms with Gasteiger partial charge in [-0.2, -0.15) is 0 Å². The van der Waals surface area contributed by atoms with Crippen LogP contribution in [0.1, 0.15) is 21.5 Å². The first-order chi connectivity index (χ1) is 24.0. The van der Waals surface area contributed by atoms with Crippen LogP contribution >= 0.6 is 0 Å². The summed E-state index contributed by atoms with van der Waals surface area (Å²) >= 11 is 0. The Morgan fingerprint density at radius 2 is 1.35 bits per heavy atom. The number of fused-ring (bicyclic) bond motifs is 5. The van der Waals surface area contributed by atoms with Gasteiger partial charge in [0.2, 0.25) is 5.75 Å². The van der Waals surface area contributed by atoms with Crippen LogP contribution in [0.5, 0.6) is 17.2 Å². The average molecular weight is 645 g/mol. The number of hydrogen-bond acceptors (Lipinski definition) is 7. The van der Waals surface area contributed by atoms with Crippen LogP contribution < -0.4 is 24.8 Å². The number of amides is 1. The molecule has 0 radical (unpaired) electrons. The number of anilines is 3. The van der Waals surface area contributed by atoms with E-state index in [1.54, 1.807) is 12.1 Å². The summed E-state index contributed by atoms with van der Waals surface area (Å²) in [5.41, 5.74) is 8.65. The van der Waals surface area contributed by atoms with Crippen molar-refractivity contribution in [3.63, 3.8) is 0 Å². The van der Waals surface area contributed by atoms with Gasteiger partial charge in [0, 0.05) is 27.9 Å². The van der Waals surface area contributed by atoms with Crippen molar-refractivity contribution in [3.05, 3.63) is 132 Å². The lowest BCUT2D eigenvalue weighted by atomic mass is 10.0. The van der Waals surface area contributed by atoms with Gasteiger partial charge in [-0.1, -0.05) is 72.8 Å². The molecule has 0 saturated carbocycles. The fourth-order valence-corrected chi connectivity index (χ4v) is 6.62. The third kappa shape index (κ3) is 5.43. The Bertz CT molecular complexity index is 2390. The van der Waals surface area contributed by atoms with Crippen molar-refractivity contribution in [3.8, 4) is 39.8 Å². The lowest BCUT2D eigenvalue weighted by Crippen LogP contribution is -2.13. The van der Waals surface area contributed by atoms with E-state index in [1.165, 1.54) is 43.6 Å². The van der Waals surface area contributed by atoms with Gasteiger partial charge in [0.05, 0.1) is 26.8 Å². The minimum atomic E-state index is -0.334. The SMILES string of the molecule is COc1cc(C(=O)Nc2ccc3nc(-c4cccc5ccccc45)nc(Nc4ccc5c(c4)Cc4ccccc4-5)c3c2)cc(OC)c1OC. The third-order valence-electron chi connectivity index (χ3n) is 8.97. The maximum absolute atomic E-state index is 13.5. The zero-order chi connectivity index (χ0) is 33.5. The number of carbonyl (C=O) groups excluding carboxylic acids is 1. The topological polar surface area (TPSA) is 94.6 Å². The monoisotopic (exact) mass is 644 g/mol. The minimum absolute atomic E-state index is 0.334. The van der Waals surface area contributed by atoms with Crippen molar-refractivity contribution >= 4 is 44.8 Å². The normalized spacial score (nSPS) is 11.6. The van der Waals surface area contributed by atoms with Crippen LogP contribution in [0.2, 0.25) is 0 Å². The van der Waals surface area contributed by atoms with Crippen LogP contribution in [0.3, 0.4) is 0 Å². The van der Waals surface area contributed by atoms with Crippen LogP contribution in [0.25, 0.3) is 44.2 Å². The Labute approximate surface area is 283 Å². The highest BCUT2D eigenvalue weighted by molar-refractivity contribution is 6.07. The molecule has 1 aliphatic carbocycles. The minimum Gasteiger partial charge on any atom is -0.493 e. The molecule has 240 valence electrons.